The lowest BCUT2D eigenvalue weighted by Gasteiger charge is -2.11. The third-order valence-corrected chi connectivity index (χ3v) is 4.45. The lowest BCUT2D eigenvalue weighted by Crippen LogP contribution is -2.29. The van der Waals surface area contributed by atoms with E-state index in [1.54, 1.807) is 6.20 Å². The minimum atomic E-state index is -3.50. The Morgan fingerprint density at radius 2 is 2.16 bits per heavy atom. The van der Waals surface area contributed by atoms with Gasteiger partial charge in [0.05, 0.1) is 6.20 Å². The zero-order valence-electron chi connectivity index (χ0n) is 11.9. The average molecular weight is 288 g/mol. The summed E-state index contributed by atoms with van der Waals surface area (Å²) in [5.74, 6) is 0.319. The summed E-state index contributed by atoms with van der Waals surface area (Å²) >= 11 is 0. The Kier molecular flexibility index (Phi) is 6.47. The number of aromatic nitrogens is 2. The molecule has 0 bridgehead atoms. The van der Waals surface area contributed by atoms with Crippen molar-refractivity contribution < 1.29 is 8.42 Å². The van der Waals surface area contributed by atoms with Crippen molar-refractivity contribution in [3.8, 4) is 0 Å². The third-order valence-electron chi connectivity index (χ3n) is 3.01. The van der Waals surface area contributed by atoms with E-state index in [0.717, 1.165) is 19.4 Å². The van der Waals surface area contributed by atoms with Crippen LogP contribution in [0.1, 0.15) is 39.2 Å². The molecule has 0 aromatic carbocycles. The highest BCUT2D eigenvalue weighted by Crippen LogP contribution is 2.12. The lowest BCUT2D eigenvalue weighted by atomic mass is 10.1. The minimum Gasteiger partial charge on any atom is -0.313 e. The summed E-state index contributed by atoms with van der Waals surface area (Å²) in [6.45, 7) is 7.91. The van der Waals surface area contributed by atoms with E-state index in [4.69, 9.17) is 0 Å². The van der Waals surface area contributed by atoms with Crippen LogP contribution in [0.3, 0.4) is 0 Å². The molecule has 1 atom stereocenters. The van der Waals surface area contributed by atoms with Crippen LogP contribution in [0, 0.1) is 5.92 Å². The zero-order chi connectivity index (χ0) is 14.3. The van der Waals surface area contributed by atoms with E-state index in [1.807, 2.05) is 13.8 Å². The molecular weight excluding hydrogens is 264 g/mol. The fourth-order valence-corrected chi connectivity index (χ4v) is 2.82. The third kappa shape index (κ3) is 4.93. The maximum Gasteiger partial charge on any atom is 0.257 e. The fourth-order valence-electron chi connectivity index (χ4n) is 1.53. The van der Waals surface area contributed by atoms with Crippen molar-refractivity contribution in [1.82, 2.24) is 20.2 Å². The topological polar surface area (TPSA) is 86.9 Å². The summed E-state index contributed by atoms with van der Waals surface area (Å²) < 4.78 is 26.9. The van der Waals surface area contributed by atoms with Crippen LogP contribution in [0.25, 0.3) is 0 Å². The monoisotopic (exact) mass is 288 g/mol. The smallest absolute Gasteiger partial charge is 0.257 e. The number of H-pyrrole nitrogens is 1. The van der Waals surface area contributed by atoms with Crippen LogP contribution >= 0.6 is 0 Å². The number of aromatic amines is 1. The molecule has 0 spiro atoms. The average Bonchev–Trinajstić information content (AvgIpc) is 2.85. The first kappa shape index (κ1) is 16.1. The predicted octanol–water partition coefficient (Wildman–Crippen LogP) is 1.23. The molecule has 0 aliphatic rings. The van der Waals surface area contributed by atoms with E-state index in [2.05, 4.69) is 27.2 Å². The molecule has 6 nitrogen and oxygen atoms in total. The summed E-state index contributed by atoms with van der Waals surface area (Å²) in [5.41, 5.74) is 0.671. The second-order valence-electron chi connectivity index (χ2n) is 4.77. The molecule has 0 radical (unpaired) electrons. The normalized spacial score (nSPS) is 13.6. The van der Waals surface area contributed by atoms with Gasteiger partial charge in [-0.1, -0.05) is 27.2 Å². The van der Waals surface area contributed by atoms with Crippen molar-refractivity contribution in [3.05, 3.63) is 11.8 Å². The summed E-state index contributed by atoms with van der Waals surface area (Å²) in [6.07, 6.45) is 3.50. The van der Waals surface area contributed by atoms with Crippen molar-refractivity contribution in [2.45, 2.75) is 45.2 Å². The molecule has 1 rings (SSSR count). The number of nitrogens with zero attached hydrogens (tertiary/aromatic N) is 1. The van der Waals surface area contributed by atoms with Crippen molar-refractivity contribution in [1.29, 1.82) is 0 Å². The van der Waals surface area contributed by atoms with E-state index in [-0.39, 0.29) is 5.03 Å². The molecule has 19 heavy (non-hydrogen) atoms. The summed E-state index contributed by atoms with van der Waals surface area (Å²) in [4.78, 5) is 0. The Morgan fingerprint density at radius 3 is 2.79 bits per heavy atom. The molecule has 0 aliphatic carbocycles. The first-order valence-corrected chi connectivity index (χ1v) is 8.22. The van der Waals surface area contributed by atoms with E-state index in [1.165, 1.54) is 0 Å². The van der Waals surface area contributed by atoms with Crippen LogP contribution in [0.4, 0.5) is 0 Å². The summed E-state index contributed by atoms with van der Waals surface area (Å²) in [7, 11) is -3.50. The molecule has 1 aromatic rings. The molecule has 1 heterocycles. The Labute approximate surface area is 115 Å². The highest BCUT2D eigenvalue weighted by atomic mass is 32.2. The SMILES string of the molecule is CCCNCc1cn[nH]c1S(=O)(=O)NCC(C)CC. The molecular formula is C12H24N4O2S. The second kappa shape index (κ2) is 7.62. The van der Waals surface area contributed by atoms with Crippen LogP contribution in [0.5, 0.6) is 0 Å². The van der Waals surface area contributed by atoms with Crippen LogP contribution in [0.2, 0.25) is 0 Å². The zero-order valence-corrected chi connectivity index (χ0v) is 12.7. The Hall–Kier alpha value is -0.920. The lowest BCUT2D eigenvalue weighted by molar-refractivity contribution is 0.525. The van der Waals surface area contributed by atoms with Gasteiger partial charge in [0.1, 0.15) is 0 Å². The summed E-state index contributed by atoms with van der Waals surface area (Å²) in [5, 5.41) is 9.74. The Bertz CT molecular complexity index is 470. The maximum absolute atomic E-state index is 12.2. The van der Waals surface area contributed by atoms with Gasteiger partial charge in [-0.15, -0.1) is 0 Å². The number of sulfonamides is 1. The molecule has 0 aliphatic heterocycles. The number of nitrogens with one attached hydrogen (secondary N) is 3. The van der Waals surface area contributed by atoms with Gasteiger partial charge in [0.15, 0.2) is 5.03 Å². The van der Waals surface area contributed by atoms with Crippen molar-refractivity contribution in [3.63, 3.8) is 0 Å². The van der Waals surface area contributed by atoms with Crippen LogP contribution < -0.4 is 10.0 Å². The van der Waals surface area contributed by atoms with Crippen LogP contribution in [0.15, 0.2) is 11.2 Å². The van der Waals surface area contributed by atoms with Crippen LogP contribution in [-0.4, -0.2) is 31.7 Å². The summed E-state index contributed by atoms with van der Waals surface area (Å²) in [6, 6.07) is 0. The minimum absolute atomic E-state index is 0.166. The quantitative estimate of drug-likeness (QED) is 0.597. The van der Waals surface area contributed by atoms with Gasteiger partial charge in [-0.05, 0) is 18.9 Å². The maximum atomic E-state index is 12.2. The van der Waals surface area contributed by atoms with Gasteiger partial charge in [-0.25, -0.2) is 13.1 Å². The Balaban J connectivity index is 2.70. The van der Waals surface area contributed by atoms with Gasteiger partial charge < -0.3 is 5.32 Å². The number of hydrogen-bond acceptors (Lipinski definition) is 4. The molecule has 1 unspecified atom stereocenters. The van der Waals surface area contributed by atoms with Gasteiger partial charge in [0, 0.05) is 18.7 Å². The number of hydrogen-bond donors (Lipinski definition) is 3. The highest BCUT2D eigenvalue weighted by Gasteiger charge is 2.20. The van der Waals surface area contributed by atoms with Crippen LogP contribution in [-0.2, 0) is 16.6 Å². The molecule has 1 aromatic heterocycles. The Morgan fingerprint density at radius 1 is 1.42 bits per heavy atom. The van der Waals surface area contributed by atoms with E-state index in [0.29, 0.717) is 24.6 Å². The van der Waals surface area contributed by atoms with Gasteiger partial charge in [-0.3, -0.25) is 5.10 Å². The number of rotatable bonds is 9. The second-order valence-corrected chi connectivity index (χ2v) is 6.47. The fraction of sp³-hybridized carbons (Fsp3) is 0.750. The van der Waals surface area contributed by atoms with Crippen molar-refractivity contribution >= 4 is 10.0 Å². The highest BCUT2D eigenvalue weighted by molar-refractivity contribution is 7.89. The van der Waals surface area contributed by atoms with Crippen molar-refractivity contribution in [2.75, 3.05) is 13.1 Å². The van der Waals surface area contributed by atoms with Gasteiger partial charge in [-0.2, -0.15) is 5.10 Å². The molecule has 0 saturated heterocycles. The van der Waals surface area contributed by atoms with E-state index >= 15 is 0 Å². The van der Waals surface area contributed by atoms with E-state index < -0.39 is 10.0 Å². The van der Waals surface area contributed by atoms with Gasteiger partial charge >= 0.3 is 0 Å². The largest absolute Gasteiger partial charge is 0.313 e. The molecule has 0 fully saturated rings. The van der Waals surface area contributed by atoms with Gasteiger partial charge in [0.25, 0.3) is 10.0 Å². The van der Waals surface area contributed by atoms with E-state index in [9.17, 15) is 8.42 Å². The van der Waals surface area contributed by atoms with Crippen molar-refractivity contribution in [2.24, 2.45) is 5.92 Å². The first-order chi connectivity index (χ1) is 9.01. The van der Waals surface area contributed by atoms with Gasteiger partial charge in [0.2, 0.25) is 0 Å². The molecule has 0 amide bonds. The molecule has 3 N–H and O–H groups in total. The first-order valence-electron chi connectivity index (χ1n) is 6.73. The molecule has 7 heteroatoms. The predicted molar refractivity (Wildman–Crippen MR) is 75.2 cm³/mol. The molecule has 0 saturated carbocycles. The molecule has 110 valence electrons. The standard InChI is InChI=1S/C12H24N4O2S/c1-4-6-13-8-11-9-14-16-12(11)19(17,18)15-7-10(3)5-2/h9-10,13,15H,4-8H2,1-3H3,(H,14,16).